The van der Waals surface area contributed by atoms with Gasteiger partial charge in [-0.15, -0.1) is 0 Å². The summed E-state index contributed by atoms with van der Waals surface area (Å²) in [5, 5.41) is 6.59. The molecule has 0 atom stereocenters. The number of carbonyl (C=O) groups excluding carboxylic acids is 1. The van der Waals surface area contributed by atoms with Crippen molar-refractivity contribution in [2.75, 3.05) is 5.32 Å². The molecule has 152 valence electrons. The molecule has 28 heavy (non-hydrogen) atoms. The van der Waals surface area contributed by atoms with Gasteiger partial charge in [-0.05, 0) is 43.5 Å². The number of nitrogens with one attached hydrogen (secondary N) is 1. The van der Waals surface area contributed by atoms with Crippen LogP contribution in [-0.2, 0) is 17.5 Å². The number of anilines is 1. The lowest BCUT2D eigenvalue weighted by atomic mass is 10.1. The van der Waals surface area contributed by atoms with Gasteiger partial charge in [0.1, 0.15) is 0 Å². The maximum atomic E-state index is 12.7. The Labute approximate surface area is 159 Å². The summed E-state index contributed by atoms with van der Waals surface area (Å²) < 4.78 is 65.0. The van der Waals surface area contributed by atoms with Crippen molar-refractivity contribution in [3.05, 3.63) is 53.7 Å². The van der Waals surface area contributed by atoms with Gasteiger partial charge in [0, 0.05) is 31.3 Å². The third-order valence-corrected chi connectivity index (χ3v) is 3.79. The summed E-state index contributed by atoms with van der Waals surface area (Å²) >= 11 is 0. The first-order valence-electron chi connectivity index (χ1n) is 8.60. The molecule has 0 aliphatic rings. The zero-order valence-corrected chi connectivity index (χ0v) is 15.1. The average molecular weight is 401 g/mol. The number of unbranched alkanes of at least 4 members (excludes halogenated alkanes) is 1. The number of carbonyl (C=O) groups is 1. The summed E-state index contributed by atoms with van der Waals surface area (Å²) in [5.74, 6) is -2.97. The van der Waals surface area contributed by atoms with Crippen molar-refractivity contribution in [1.29, 1.82) is 0 Å². The Morgan fingerprint density at radius 2 is 1.93 bits per heavy atom. The Balaban J connectivity index is 1.85. The van der Waals surface area contributed by atoms with Crippen LogP contribution in [0.5, 0.6) is 0 Å². The Kier molecular flexibility index (Phi) is 6.93. The Hall–Kier alpha value is -2.71. The largest absolute Gasteiger partial charge is 0.416 e. The standard InChI is InChI=1S/C19H20F5N3O/c1-18(20,21)10-2-3-11-27-12-9-16(26-27)25-17(28)8-7-14-5-4-6-15(13-14)19(22,23)24/h4-9,12-13H,2-3,10-11H2,1H3,(H,25,26,28). The second-order valence-electron chi connectivity index (χ2n) is 6.44. The minimum atomic E-state index is -4.45. The summed E-state index contributed by atoms with van der Waals surface area (Å²) in [5.41, 5.74) is -0.558. The highest BCUT2D eigenvalue weighted by Crippen LogP contribution is 2.29. The van der Waals surface area contributed by atoms with Crippen LogP contribution in [0.1, 0.15) is 37.3 Å². The van der Waals surface area contributed by atoms with Gasteiger partial charge < -0.3 is 5.32 Å². The fourth-order valence-electron chi connectivity index (χ4n) is 2.42. The number of alkyl halides is 5. The normalized spacial score (nSPS) is 12.5. The molecular formula is C19H20F5N3O. The highest BCUT2D eigenvalue weighted by atomic mass is 19.4. The molecule has 0 aliphatic carbocycles. The molecule has 2 aromatic rings. The molecular weight excluding hydrogens is 381 g/mol. The van der Waals surface area contributed by atoms with Gasteiger partial charge in [0.15, 0.2) is 5.82 Å². The van der Waals surface area contributed by atoms with E-state index >= 15 is 0 Å². The topological polar surface area (TPSA) is 46.9 Å². The van der Waals surface area contributed by atoms with Gasteiger partial charge >= 0.3 is 6.18 Å². The van der Waals surface area contributed by atoms with Crippen LogP contribution in [0.25, 0.3) is 6.08 Å². The van der Waals surface area contributed by atoms with Crippen LogP contribution in [-0.4, -0.2) is 21.6 Å². The predicted molar refractivity (Wildman–Crippen MR) is 95.8 cm³/mol. The van der Waals surface area contributed by atoms with Crippen LogP contribution in [0.2, 0.25) is 0 Å². The predicted octanol–water partition coefficient (Wildman–Crippen LogP) is 5.38. The SMILES string of the molecule is CC(F)(F)CCCCn1ccc(NC(=O)C=Cc2cccc(C(F)(F)F)c2)n1. The molecule has 1 amide bonds. The molecule has 0 spiro atoms. The van der Waals surface area contributed by atoms with Crippen LogP contribution < -0.4 is 5.32 Å². The molecule has 0 saturated carbocycles. The first-order chi connectivity index (χ1) is 13.0. The number of aryl methyl sites for hydroxylation is 1. The smallest absolute Gasteiger partial charge is 0.306 e. The number of nitrogens with zero attached hydrogens (tertiary/aromatic N) is 2. The number of aromatic nitrogens is 2. The molecule has 0 radical (unpaired) electrons. The molecule has 2 rings (SSSR count). The monoisotopic (exact) mass is 401 g/mol. The van der Waals surface area contributed by atoms with Gasteiger partial charge in [-0.3, -0.25) is 9.48 Å². The van der Waals surface area contributed by atoms with Crippen molar-refractivity contribution in [2.24, 2.45) is 0 Å². The van der Waals surface area contributed by atoms with E-state index in [2.05, 4.69) is 10.4 Å². The molecule has 1 heterocycles. The van der Waals surface area contributed by atoms with Crippen LogP contribution >= 0.6 is 0 Å². The van der Waals surface area contributed by atoms with Crippen molar-refractivity contribution in [3.8, 4) is 0 Å². The minimum Gasteiger partial charge on any atom is -0.306 e. The molecule has 9 heteroatoms. The molecule has 1 aromatic carbocycles. The van der Waals surface area contributed by atoms with Gasteiger partial charge in [0.25, 0.3) is 0 Å². The van der Waals surface area contributed by atoms with Crippen molar-refractivity contribution >= 4 is 17.8 Å². The number of rotatable bonds is 8. The summed E-state index contributed by atoms with van der Waals surface area (Å²) in [6, 6.07) is 6.15. The average Bonchev–Trinajstić information content (AvgIpc) is 3.03. The van der Waals surface area contributed by atoms with E-state index in [1.807, 2.05) is 0 Å². The zero-order chi connectivity index (χ0) is 20.8. The van der Waals surface area contributed by atoms with Crippen molar-refractivity contribution < 1.29 is 26.7 Å². The van der Waals surface area contributed by atoms with Crippen LogP contribution in [0.4, 0.5) is 27.8 Å². The maximum absolute atomic E-state index is 12.7. The van der Waals surface area contributed by atoms with E-state index in [0.717, 1.165) is 25.1 Å². The van der Waals surface area contributed by atoms with E-state index in [1.54, 1.807) is 12.3 Å². The fourth-order valence-corrected chi connectivity index (χ4v) is 2.42. The highest BCUT2D eigenvalue weighted by Gasteiger charge is 2.30. The summed E-state index contributed by atoms with van der Waals surface area (Å²) in [6.07, 6.45) is 0.212. The van der Waals surface area contributed by atoms with Gasteiger partial charge in [0.2, 0.25) is 11.8 Å². The van der Waals surface area contributed by atoms with Gasteiger partial charge in [0.05, 0.1) is 5.56 Å². The minimum absolute atomic E-state index is 0.196. The number of benzene rings is 1. The van der Waals surface area contributed by atoms with Crippen molar-refractivity contribution in [2.45, 2.75) is 44.8 Å². The van der Waals surface area contributed by atoms with E-state index in [9.17, 15) is 26.7 Å². The van der Waals surface area contributed by atoms with E-state index in [4.69, 9.17) is 0 Å². The van der Waals surface area contributed by atoms with E-state index in [0.29, 0.717) is 19.4 Å². The third kappa shape index (κ3) is 7.50. The van der Waals surface area contributed by atoms with Crippen LogP contribution in [0.15, 0.2) is 42.6 Å². The second kappa shape index (κ2) is 8.99. The lowest BCUT2D eigenvalue weighted by Crippen LogP contribution is -2.10. The number of hydrogen-bond acceptors (Lipinski definition) is 2. The molecule has 1 aromatic heterocycles. The van der Waals surface area contributed by atoms with E-state index < -0.39 is 23.6 Å². The number of amides is 1. The quantitative estimate of drug-likeness (QED) is 0.367. The number of halogens is 5. The van der Waals surface area contributed by atoms with E-state index in [1.165, 1.54) is 22.9 Å². The molecule has 0 unspecified atom stereocenters. The summed E-state index contributed by atoms with van der Waals surface area (Å²) in [7, 11) is 0. The van der Waals surface area contributed by atoms with Gasteiger partial charge in [-0.25, -0.2) is 8.78 Å². The van der Waals surface area contributed by atoms with Crippen LogP contribution in [0, 0.1) is 0 Å². The Morgan fingerprint density at radius 3 is 2.61 bits per heavy atom. The maximum Gasteiger partial charge on any atom is 0.416 e. The second-order valence-corrected chi connectivity index (χ2v) is 6.44. The van der Waals surface area contributed by atoms with Crippen molar-refractivity contribution in [3.63, 3.8) is 0 Å². The lowest BCUT2D eigenvalue weighted by molar-refractivity contribution is -0.137. The highest BCUT2D eigenvalue weighted by molar-refractivity contribution is 6.01. The zero-order valence-electron chi connectivity index (χ0n) is 15.1. The molecule has 1 N–H and O–H groups in total. The molecule has 0 bridgehead atoms. The lowest BCUT2D eigenvalue weighted by Gasteiger charge is -2.09. The number of hydrogen-bond donors (Lipinski definition) is 1. The molecule has 0 saturated heterocycles. The van der Waals surface area contributed by atoms with Crippen molar-refractivity contribution in [1.82, 2.24) is 9.78 Å². The van der Waals surface area contributed by atoms with Gasteiger partial charge in [-0.2, -0.15) is 18.3 Å². The van der Waals surface area contributed by atoms with Gasteiger partial charge in [-0.1, -0.05) is 12.1 Å². The van der Waals surface area contributed by atoms with Crippen LogP contribution in [0.3, 0.4) is 0 Å². The van der Waals surface area contributed by atoms with E-state index in [-0.39, 0.29) is 17.8 Å². The first-order valence-corrected chi connectivity index (χ1v) is 8.60. The molecule has 0 fully saturated rings. The fraction of sp³-hybridized carbons (Fsp3) is 0.368. The summed E-state index contributed by atoms with van der Waals surface area (Å²) in [6.45, 7) is 1.31. The Morgan fingerprint density at radius 1 is 1.18 bits per heavy atom. The molecule has 0 aliphatic heterocycles. The Bertz CT molecular complexity index is 821. The third-order valence-electron chi connectivity index (χ3n) is 3.79. The summed E-state index contributed by atoms with van der Waals surface area (Å²) in [4.78, 5) is 11.9. The first kappa shape index (κ1) is 21.6. The molecule has 4 nitrogen and oxygen atoms in total.